The normalized spacial score (nSPS) is 13.0. The molecule has 28 heavy (non-hydrogen) atoms. The van der Waals surface area contributed by atoms with Gasteiger partial charge in [0.25, 0.3) is 0 Å². The molecule has 130 valence electrons. The fourth-order valence-electron chi connectivity index (χ4n) is 3.95. The summed E-state index contributed by atoms with van der Waals surface area (Å²) in [4.78, 5) is 7.03. The summed E-state index contributed by atoms with van der Waals surface area (Å²) in [6, 6.07) is 12.5. The molecule has 5 aromatic rings. The molecule has 5 aromatic carbocycles. The Kier molecular flexibility index (Phi) is 3.25. The molecule has 0 fully saturated rings. The maximum atomic E-state index is 13.8. The maximum Gasteiger partial charge on any atom is 0.206 e. The summed E-state index contributed by atoms with van der Waals surface area (Å²) in [5, 5.41) is 19.3. The Morgan fingerprint density at radius 3 is 1.79 bits per heavy atom. The number of benzene rings is 3. The summed E-state index contributed by atoms with van der Waals surface area (Å²) in [7, 11) is 0. The van der Waals surface area contributed by atoms with Crippen LogP contribution in [0.5, 0.6) is 0 Å². The van der Waals surface area contributed by atoms with Crippen LogP contribution in [0.15, 0.2) is 58.6 Å². The number of fused-ring (bicyclic) bond motifs is 6. The minimum Gasteiger partial charge on any atom is -0.207 e. The monoisotopic (exact) mass is 366 g/mol. The summed E-state index contributed by atoms with van der Waals surface area (Å²) in [5.41, 5.74) is 0. The molecule has 0 radical (unpaired) electrons. The predicted octanol–water partition coefficient (Wildman–Crippen LogP) is 4.57. The van der Waals surface area contributed by atoms with Crippen LogP contribution in [-0.2, 0) is 0 Å². The molecule has 0 N–H and O–H groups in total. The Bertz CT molecular complexity index is 1540. The first-order chi connectivity index (χ1) is 13.6. The molecule has 0 saturated heterocycles. The summed E-state index contributed by atoms with van der Waals surface area (Å²) in [6.45, 7) is 7.13. The van der Waals surface area contributed by atoms with Crippen LogP contribution in [0, 0.1) is 29.7 Å². The molecular weight excluding hydrogens is 358 g/mol. The molecule has 6 heteroatoms. The maximum absolute atomic E-state index is 13.8. The van der Waals surface area contributed by atoms with E-state index in [1.54, 1.807) is 24.4 Å². The number of hydrogen-bond acceptors (Lipinski definition) is 3. The van der Waals surface area contributed by atoms with Crippen molar-refractivity contribution in [1.82, 2.24) is 0 Å². The van der Waals surface area contributed by atoms with Crippen molar-refractivity contribution in [2.45, 2.75) is 0 Å². The summed E-state index contributed by atoms with van der Waals surface area (Å²) in [5.74, 6) is -0.829. The van der Waals surface area contributed by atoms with E-state index in [1.165, 1.54) is 24.3 Å². The Balaban J connectivity index is 2.12. The zero-order chi connectivity index (χ0) is 19.4. The Hall–Kier alpha value is -4.16. The molecule has 0 saturated carbocycles. The predicted molar refractivity (Wildman–Crippen MR) is 102 cm³/mol. The SMILES string of the molecule is [C-]#[N+]/N=c1/c2cc(F)ccc2c2cc3c(cc12)c(=NC#N)c1cc(F)ccc13. The van der Waals surface area contributed by atoms with E-state index in [4.69, 9.17) is 11.8 Å². The van der Waals surface area contributed by atoms with Crippen LogP contribution in [0.1, 0.15) is 0 Å². The average Bonchev–Trinajstić information content (AvgIpc) is 3.13. The summed E-state index contributed by atoms with van der Waals surface area (Å²) in [6.07, 6.45) is 1.78. The fraction of sp³-hybridized carbons (Fsp3) is 0. The van der Waals surface area contributed by atoms with E-state index < -0.39 is 11.6 Å². The highest BCUT2D eigenvalue weighted by molar-refractivity contribution is 6.21. The molecule has 0 atom stereocenters. The Morgan fingerprint density at radius 1 is 0.714 bits per heavy atom. The first-order valence-corrected chi connectivity index (χ1v) is 8.33. The van der Waals surface area contributed by atoms with E-state index in [1.807, 2.05) is 6.07 Å². The number of nitrogens with zero attached hydrogens (tertiary/aromatic N) is 4. The van der Waals surface area contributed by atoms with E-state index in [-0.39, 0.29) is 0 Å². The van der Waals surface area contributed by atoms with Gasteiger partial charge in [-0.25, -0.2) is 8.78 Å². The van der Waals surface area contributed by atoms with Gasteiger partial charge in [-0.05, 0) is 57.9 Å². The van der Waals surface area contributed by atoms with Crippen molar-refractivity contribution in [1.29, 1.82) is 5.26 Å². The second-order valence-corrected chi connectivity index (χ2v) is 6.43. The zero-order valence-corrected chi connectivity index (χ0v) is 14.2. The van der Waals surface area contributed by atoms with Gasteiger partial charge in [0.15, 0.2) is 5.36 Å². The second kappa shape index (κ2) is 5.67. The number of hydrogen-bond donors (Lipinski definition) is 0. The van der Waals surface area contributed by atoms with Crippen LogP contribution in [0.2, 0.25) is 0 Å². The van der Waals surface area contributed by atoms with E-state index in [0.717, 1.165) is 21.5 Å². The van der Waals surface area contributed by atoms with Gasteiger partial charge in [-0.15, -0.1) is 4.95 Å². The lowest BCUT2D eigenvalue weighted by Gasteiger charge is -1.96. The van der Waals surface area contributed by atoms with Crippen molar-refractivity contribution in [3.63, 3.8) is 0 Å². The van der Waals surface area contributed by atoms with Gasteiger partial charge in [0.1, 0.15) is 11.6 Å². The van der Waals surface area contributed by atoms with Crippen LogP contribution >= 0.6 is 0 Å². The molecule has 0 aliphatic heterocycles. The second-order valence-electron chi connectivity index (χ2n) is 6.43. The molecule has 0 heterocycles. The minimum absolute atomic E-state index is 0.374. The molecule has 0 bridgehead atoms. The van der Waals surface area contributed by atoms with E-state index in [0.29, 0.717) is 32.3 Å². The van der Waals surface area contributed by atoms with Gasteiger partial charge in [-0.1, -0.05) is 12.1 Å². The van der Waals surface area contributed by atoms with Crippen molar-refractivity contribution < 1.29 is 8.78 Å². The standard InChI is InChI=1S/C22H8F2N4/c1-26-28-22-18-7-12(24)3-5-14(18)16-8-15-13-4-2-11(23)6-17(13)21(27-10-25)19(15)9-20(16)22/h2-9H/b27-21?,28-22-. The topological polar surface area (TPSA) is 52.9 Å². The summed E-state index contributed by atoms with van der Waals surface area (Å²) >= 11 is 0. The van der Waals surface area contributed by atoms with Crippen LogP contribution in [0.25, 0.3) is 48.0 Å². The van der Waals surface area contributed by atoms with Crippen molar-refractivity contribution >= 4 is 43.1 Å². The van der Waals surface area contributed by atoms with Gasteiger partial charge in [0.2, 0.25) is 6.19 Å². The third-order valence-electron chi connectivity index (χ3n) is 5.03. The fourth-order valence-corrected chi connectivity index (χ4v) is 3.95. The molecule has 0 aromatic heterocycles. The Labute approximate surface area is 156 Å². The number of halogens is 2. The van der Waals surface area contributed by atoms with E-state index in [9.17, 15) is 8.78 Å². The van der Waals surface area contributed by atoms with Gasteiger partial charge in [-0.2, -0.15) is 16.8 Å². The molecule has 0 amide bonds. The lowest BCUT2D eigenvalue weighted by atomic mass is 10.1. The van der Waals surface area contributed by atoms with Gasteiger partial charge < -0.3 is 0 Å². The zero-order valence-electron chi connectivity index (χ0n) is 14.2. The van der Waals surface area contributed by atoms with Gasteiger partial charge in [0, 0.05) is 21.5 Å². The largest absolute Gasteiger partial charge is 0.207 e. The van der Waals surface area contributed by atoms with E-state index >= 15 is 0 Å². The molecule has 4 nitrogen and oxygen atoms in total. The highest BCUT2D eigenvalue weighted by Crippen LogP contribution is 2.32. The molecule has 0 aliphatic rings. The molecule has 0 unspecified atom stereocenters. The van der Waals surface area contributed by atoms with Gasteiger partial charge >= 0.3 is 0 Å². The molecule has 5 rings (SSSR count). The lowest BCUT2D eigenvalue weighted by Crippen LogP contribution is -2.00. The van der Waals surface area contributed by atoms with E-state index in [2.05, 4.69) is 15.0 Å². The summed E-state index contributed by atoms with van der Waals surface area (Å²) < 4.78 is 27.6. The van der Waals surface area contributed by atoms with Crippen molar-refractivity contribution in [3.05, 3.63) is 82.4 Å². The highest BCUT2D eigenvalue weighted by atomic mass is 19.1. The van der Waals surface area contributed by atoms with Gasteiger partial charge in [0.05, 0.1) is 10.5 Å². The molecule has 0 aliphatic carbocycles. The Morgan fingerprint density at radius 2 is 1.21 bits per heavy atom. The van der Waals surface area contributed by atoms with Crippen LogP contribution in [-0.4, -0.2) is 0 Å². The first-order valence-electron chi connectivity index (χ1n) is 8.33. The molecule has 0 spiro atoms. The van der Waals surface area contributed by atoms with Crippen molar-refractivity contribution in [2.75, 3.05) is 0 Å². The minimum atomic E-state index is -0.416. The molecular formula is C22H8F2N4. The van der Waals surface area contributed by atoms with Crippen molar-refractivity contribution in [2.24, 2.45) is 10.1 Å². The first kappa shape index (κ1) is 16.0. The van der Waals surface area contributed by atoms with Crippen LogP contribution < -0.4 is 10.7 Å². The van der Waals surface area contributed by atoms with Crippen molar-refractivity contribution in [3.8, 4) is 6.19 Å². The van der Waals surface area contributed by atoms with Gasteiger partial charge in [-0.3, -0.25) is 0 Å². The quantitative estimate of drug-likeness (QED) is 0.225. The lowest BCUT2D eigenvalue weighted by molar-refractivity contribution is 0.629. The number of rotatable bonds is 0. The number of nitriles is 1. The third kappa shape index (κ3) is 2.06. The average molecular weight is 366 g/mol. The van der Waals surface area contributed by atoms with Crippen LogP contribution in [0.4, 0.5) is 8.78 Å². The highest BCUT2D eigenvalue weighted by Gasteiger charge is 2.16. The van der Waals surface area contributed by atoms with Crippen LogP contribution in [0.3, 0.4) is 0 Å². The smallest absolute Gasteiger partial charge is 0.206 e. The third-order valence-corrected chi connectivity index (χ3v) is 5.03.